The fraction of sp³-hybridized carbons (Fsp3) is 0.0476. The average molecular weight is 430 g/mol. The van der Waals surface area contributed by atoms with E-state index in [0.29, 0.717) is 27.5 Å². The number of benzene rings is 3. The molecule has 0 amide bonds. The van der Waals surface area contributed by atoms with Crippen molar-refractivity contribution >= 4 is 52.4 Å². The Morgan fingerprint density at radius 3 is 2.54 bits per heavy atom. The minimum Gasteiger partial charge on any atom is -0.488 e. The van der Waals surface area contributed by atoms with Gasteiger partial charge < -0.3 is 10.1 Å². The van der Waals surface area contributed by atoms with Crippen LogP contribution in [0.3, 0.4) is 0 Å². The van der Waals surface area contributed by atoms with Crippen LogP contribution in [0.1, 0.15) is 11.1 Å². The quantitative estimate of drug-likeness (QED) is 0.291. The van der Waals surface area contributed by atoms with Gasteiger partial charge in [0.05, 0.1) is 6.21 Å². The largest absolute Gasteiger partial charge is 0.488 e. The second-order valence-corrected chi connectivity index (χ2v) is 7.00. The molecule has 3 aromatic rings. The molecule has 28 heavy (non-hydrogen) atoms. The molecule has 2 N–H and O–H groups in total. The minimum atomic E-state index is 0.322. The number of para-hydroxylation sites is 2. The smallest absolute Gasteiger partial charge is 0.191 e. The van der Waals surface area contributed by atoms with E-state index in [1.807, 2.05) is 60.7 Å². The van der Waals surface area contributed by atoms with Crippen LogP contribution in [-0.2, 0) is 6.61 Å². The molecule has 0 aromatic heterocycles. The number of anilines is 1. The number of hydrazone groups is 1. The maximum Gasteiger partial charge on any atom is 0.191 e. The van der Waals surface area contributed by atoms with Crippen LogP contribution in [0, 0.1) is 0 Å². The Morgan fingerprint density at radius 1 is 1.00 bits per heavy atom. The predicted octanol–water partition coefficient (Wildman–Crippen LogP) is 5.89. The molecule has 0 spiro atoms. The van der Waals surface area contributed by atoms with Gasteiger partial charge in [0.1, 0.15) is 12.4 Å². The van der Waals surface area contributed by atoms with Crippen LogP contribution in [-0.4, -0.2) is 11.3 Å². The van der Waals surface area contributed by atoms with Crippen LogP contribution in [0.4, 0.5) is 5.69 Å². The number of rotatable bonds is 6. The van der Waals surface area contributed by atoms with E-state index in [1.165, 1.54) is 0 Å². The van der Waals surface area contributed by atoms with Gasteiger partial charge in [-0.15, -0.1) is 0 Å². The molecule has 0 aliphatic carbocycles. The van der Waals surface area contributed by atoms with Crippen molar-refractivity contribution < 1.29 is 4.74 Å². The van der Waals surface area contributed by atoms with Crippen LogP contribution in [0.25, 0.3) is 0 Å². The Balaban J connectivity index is 1.60. The van der Waals surface area contributed by atoms with E-state index < -0.39 is 0 Å². The highest BCUT2D eigenvalue weighted by Crippen LogP contribution is 2.23. The van der Waals surface area contributed by atoms with Crippen LogP contribution in [0.15, 0.2) is 77.9 Å². The summed E-state index contributed by atoms with van der Waals surface area (Å²) in [5, 5.41) is 8.78. The maximum absolute atomic E-state index is 6.20. The molecule has 3 aromatic carbocycles. The summed E-state index contributed by atoms with van der Waals surface area (Å²) in [7, 11) is 0. The zero-order valence-electron chi connectivity index (χ0n) is 14.7. The standard InChI is InChI=1S/C21H17Cl2N3OS/c22-17-11-10-16(19(23)12-17)14-27-20-9-5-4-6-15(20)13-24-26-21(28)25-18-7-2-1-3-8-18/h1-13H,14H2,(H2,25,26,28). The second-order valence-electron chi connectivity index (χ2n) is 5.75. The van der Waals surface area contributed by atoms with Crippen LogP contribution in [0.5, 0.6) is 5.75 Å². The molecule has 0 aliphatic rings. The monoisotopic (exact) mass is 429 g/mol. The molecular formula is C21H17Cl2N3OS. The molecule has 0 saturated carbocycles. The van der Waals surface area contributed by atoms with Gasteiger partial charge in [-0.25, -0.2) is 0 Å². The fourth-order valence-electron chi connectivity index (χ4n) is 2.35. The van der Waals surface area contributed by atoms with Crippen LogP contribution in [0.2, 0.25) is 10.0 Å². The molecule has 0 fully saturated rings. The number of ether oxygens (including phenoxy) is 1. The summed E-state index contributed by atoms with van der Waals surface area (Å²) in [5.74, 6) is 0.681. The van der Waals surface area contributed by atoms with Crippen LogP contribution >= 0.6 is 35.4 Å². The molecule has 0 bridgehead atoms. The SMILES string of the molecule is S=C(NN=Cc1ccccc1OCc1ccc(Cl)cc1Cl)Nc1ccccc1. The summed E-state index contributed by atoms with van der Waals surface area (Å²) in [6, 6.07) is 22.5. The molecule has 0 atom stereocenters. The molecule has 142 valence electrons. The lowest BCUT2D eigenvalue weighted by molar-refractivity contribution is 0.306. The molecule has 3 rings (SSSR count). The first-order valence-electron chi connectivity index (χ1n) is 8.42. The van der Waals surface area contributed by atoms with E-state index in [0.717, 1.165) is 16.8 Å². The van der Waals surface area contributed by atoms with Crippen molar-refractivity contribution in [3.63, 3.8) is 0 Å². The van der Waals surface area contributed by atoms with Crippen molar-refractivity contribution in [2.75, 3.05) is 5.32 Å². The summed E-state index contributed by atoms with van der Waals surface area (Å²) in [6.45, 7) is 0.322. The molecule has 0 saturated heterocycles. The van der Waals surface area contributed by atoms with Crippen molar-refractivity contribution in [2.24, 2.45) is 5.10 Å². The number of hydrogen-bond acceptors (Lipinski definition) is 3. The van der Waals surface area contributed by atoms with Gasteiger partial charge in [0.25, 0.3) is 0 Å². The lowest BCUT2D eigenvalue weighted by Gasteiger charge is -2.10. The van der Waals surface area contributed by atoms with Crippen LogP contribution < -0.4 is 15.5 Å². The zero-order chi connectivity index (χ0) is 19.8. The summed E-state index contributed by atoms with van der Waals surface area (Å²) in [4.78, 5) is 0. The van der Waals surface area contributed by atoms with Gasteiger partial charge >= 0.3 is 0 Å². The molecule has 0 aliphatic heterocycles. The summed E-state index contributed by atoms with van der Waals surface area (Å²) in [5.41, 5.74) is 5.34. The van der Waals surface area contributed by atoms with Crippen molar-refractivity contribution in [1.82, 2.24) is 5.43 Å². The van der Waals surface area contributed by atoms with Gasteiger partial charge in [0.2, 0.25) is 0 Å². The molecule has 4 nitrogen and oxygen atoms in total. The van der Waals surface area contributed by atoms with Gasteiger partial charge in [-0.3, -0.25) is 5.43 Å². The van der Waals surface area contributed by atoms with E-state index >= 15 is 0 Å². The Kier molecular flexibility index (Phi) is 7.25. The molecule has 0 heterocycles. The van der Waals surface area contributed by atoms with E-state index in [4.69, 9.17) is 40.2 Å². The fourth-order valence-corrected chi connectivity index (χ4v) is 2.99. The lowest BCUT2D eigenvalue weighted by Crippen LogP contribution is -2.23. The highest BCUT2D eigenvalue weighted by molar-refractivity contribution is 7.80. The molecular weight excluding hydrogens is 413 g/mol. The first kappa shape index (κ1) is 20.1. The van der Waals surface area contributed by atoms with Gasteiger partial charge in [0.15, 0.2) is 5.11 Å². The number of hydrogen-bond donors (Lipinski definition) is 2. The summed E-state index contributed by atoms with van der Waals surface area (Å²) >= 11 is 17.4. The lowest BCUT2D eigenvalue weighted by atomic mass is 10.2. The Labute approximate surface area is 179 Å². The predicted molar refractivity (Wildman–Crippen MR) is 121 cm³/mol. The first-order valence-corrected chi connectivity index (χ1v) is 9.59. The van der Waals surface area contributed by atoms with E-state index in [-0.39, 0.29) is 0 Å². The minimum absolute atomic E-state index is 0.322. The molecule has 0 radical (unpaired) electrons. The Bertz CT molecular complexity index is 980. The van der Waals surface area contributed by atoms with E-state index in [1.54, 1.807) is 18.3 Å². The third-order valence-corrected chi connectivity index (χ3v) is 4.50. The normalized spacial score (nSPS) is 10.6. The van der Waals surface area contributed by atoms with Gasteiger partial charge in [-0.1, -0.05) is 59.6 Å². The summed E-state index contributed by atoms with van der Waals surface area (Å²) < 4.78 is 5.90. The summed E-state index contributed by atoms with van der Waals surface area (Å²) in [6.07, 6.45) is 1.65. The maximum atomic E-state index is 6.20. The topological polar surface area (TPSA) is 45.7 Å². The Morgan fingerprint density at radius 2 is 1.75 bits per heavy atom. The number of halogens is 2. The number of nitrogens with one attached hydrogen (secondary N) is 2. The van der Waals surface area contributed by atoms with Crippen molar-refractivity contribution in [3.8, 4) is 5.75 Å². The molecule has 7 heteroatoms. The average Bonchev–Trinajstić information content (AvgIpc) is 2.69. The second kappa shape index (κ2) is 10.1. The number of nitrogens with zero attached hydrogens (tertiary/aromatic N) is 1. The highest BCUT2D eigenvalue weighted by atomic mass is 35.5. The third-order valence-electron chi connectivity index (χ3n) is 3.72. The highest BCUT2D eigenvalue weighted by Gasteiger charge is 2.05. The van der Waals surface area contributed by atoms with Crippen molar-refractivity contribution in [3.05, 3.63) is 94.0 Å². The van der Waals surface area contributed by atoms with E-state index in [9.17, 15) is 0 Å². The molecule has 0 unspecified atom stereocenters. The third kappa shape index (κ3) is 5.96. The van der Waals surface area contributed by atoms with Gasteiger partial charge in [0, 0.05) is 26.9 Å². The van der Waals surface area contributed by atoms with Gasteiger partial charge in [-0.2, -0.15) is 5.10 Å². The first-order chi connectivity index (χ1) is 13.6. The zero-order valence-corrected chi connectivity index (χ0v) is 17.1. The van der Waals surface area contributed by atoms with Gasteiger partial charge in [-0.05, 0) is 48.6 Å². The van der Waals surface area contributed by atoms with E-state index in [2.05, 4.69) is 15.8 Å². The Hall–Kier alpha value is -2.60. The van der Waals surface area contributed by atoms with Crippen molar-refractivity contribution in [1.29, 1.82) is 0 Å². The van der Waals surface area contributed by atoms with Crippen molar-refractivity contribution in [2.45, 2.75) is 6.61 Å². The number of thiocarbonyl (C=S) groups is 1.